The Balaban J connectivity index is 1.66. The second-order valence-corrected chi connectivity index (χ2v) is 8.31. The van der Waals surface area contributed by atoms with E-state index in [0.717, 1.165) is 55.2 Å². The second kappa shape index (κ2) is 7.81. The second-order valence-electron chi connectivity index (χ2n) is 8.31. The zero-order valence-electron chi connectivity index (χ0n) is 16.8. The molecule has 0 bridgehead atoms. The first-order valence-electron chi connectivity index (χ1n) is 10.2. The molecule has 1 N–H and O–H groups in total. The van der Waals surface area contributed by atoms with E-state index in [0.29, 0.717) is 12.2 Å². The van der Waals surface area contributed by atoms with Crippen LogP contribution in [0.1, 0.15) is 48.9 Å². The normalized spacial score (nSPS) is 17.8. The molecule has 0 radical (unpaired) electrons. The maximum atomic E-state index is 9.93. The van der Waals surface area contributed by atoms with Crippen LogP contribution in [0, 0.1) is 11.3 Å². The third-order valence-electron chi connectivity index (χ3n) is 5.67. The van der Waals surface area contributed by atoms with Gasteiger partial charge in [-0.15, -0.1) is 0 Å². The third kappa shape index (κ3) is 3.83. The van der Waals surface area contributed by atoms with Crippen LogP contribution in [0.25, 0.3) is 0 Å². The van der Waals surface area contributed by atoms with Gasteiger partial charge in [0.1, 0.15) is 17.7 Å². The summed E-state index contributed by atoms with van der Waals surface area (Å²) in [5.74, 6) is 1.72. The first kappa shape index (κ1) is 18.8. The van der Waals surface area contributed by atoms with Crippen LogP contribution >= 0.6 is 0 Å². The van der Waals surface area contributed by atoms with Crippen LogP contribution in [0.15, 0.2) is 30.3 Å². The fraction of sp³-hybridized carbons (Fsp3) is 0.478. The quantitative estimate of drug-likeness (QED) is 0.853. The van der Waals surface area contributed by atoms with Crippen molar-refractivity contribution in [2.45, 2.75) is 51.7 Å². The minimum absolute atomic E-state index is 0.260. The third-order valence-corrected chi connectivity index (χ3v) is 5.67. The number of aromatic nitrogens is 1. The molecule has 2 aliphatic rings. The standard InChI is InChI=1S/C23H28N4O/c1-23(2)14-18-19(15-24)21(25-11-10-17-8-4-3-5-9-17)26-22(20(18)16-28-23)27-12-6-7-13-27/h3-5,8-9H,6-7,10-14,16H2,1-2H3,(H,25,26). The van der Waals surface area contributed by atoms with Crippen molar-refractivity contribution in [1.29, 1.82) is 5.26 Å². The number of anilines is 2. The molecule has 1 saturated heterocycles. The smallest absolute Gasteiger partial charge is 0.146 e. The molecule has 0 saturated carbocycles. The Morgan fingerprint density at radius 1 is 1.18 bits per heavy atom. The number of benzene rings is 1. The van der Waals surface area contributed by atoms with Gasteiger partial charge >= 0.3 is 0 Å². The van der Waals surface area contributed by atoms with Crippen LogP contribution in [-0.4, -0.2) is 30.2 Å². The largest absolute Gasteiger partial charge is 0.370 e. The van der Waals surface area contributed by atoms with E-state index in [9.17, 15) is 5.26 Å². The molecule has 4 rings (SSSR count). The van der Waals surface area contributed by atoms with Crippen LogP contribution in [0.4, 0.5) is 11.6 Å². The summed E-state index contributed by atoms with van der Waals surface area (Å²) in [5.41, 5.74) is 3.91. The predicted molar refractivity (Wildman–Crippen MR) is 112 cm³/mol. The number of pyridine rings is 1. The van der Waals surface area contributed by atoms with E-state index >= 15 is 0 Å². The van der Waals surface area contributed by atoms with E-state index in [1.165, 1.54) is 18.4 Å². The van der Waals surface area contributed by atoms with Crippen molar-refractivity contribution >= 4 is 11.6 Å². The van der Waals surface area contributed by atoms with E-state index in [1.807, 2.05) is 6.07 Å². The van der Waals surface area contributed by atoms with Gasteiger partial charge in [0.15, 0.2) is 0 Å². The van der Waals surface area contributed by atoms with Crippen molar-refractivity contribution in [3.05, 3.63) is 52.6 Å². The van der Waals surface area contributed by atoms with Crippen molar-refractivity contribution in [2.75, 3.05) is 29.9 Å². The van der Waals surface area contributed by atoms with Crippen LogP contribution in [0.3, 0.4) is 0 Å². The molecule has 28 heavy (non-hydrogen) atoms. The van der Waals surface area contributed by atoms with Crippen molar-refractivity contribution < 1.29 is 4.74 Å². The average Bonchev–Trinajstić information content (AvgIpc) is 3.22. The molecule has 1 aromatic carbocycles. The molecule has 0 spiro atoms. The van der Waals surface area contributed by atoms with E-state index in [1.54, 1.807) is 0 Å². The Kier molecular flexibility index (Phi) is 5.23. The minimum Gasteiger partial charge on any atom is -0.370 e. The van der Waals surface area contributed by atoms with Crippen LogP contribution < -0.4 is 10.2 Å². The van der Waals surface area contributed by atoms with Gasteiger partial charge in [0.2, 0.25) is 0 Å². The first-order valence-corrected chi connectivity index (χ1v) is 10.2. The lowest BCUT2D eigenvalue weighted by molar-refractivity contribution is -0.0400. The molecule has 1 fully saturated rings. The fourth-order valence-electron chi connectivity index (χ4n) is 4.16. The number of rotatable bonds is 5. The summed E-state index contributed by atoms with van der Waals surface area (Å²) < 4.78 is 6.07. The van der Waals surface area contributed by atoms with Gasteiger partial charge in [0, 0.05) is 31.6 Å². The molecule has 5 heteroatoms. The van der Waals surface area contributed by atoms with E-state index in [2.05, 4.69) is 54.4 Å². The zero-order chi connectivity index (χ0) is 19.6. The summed E-state index contributed by atoms with van der Waals surface area (Å²) in [6.07, 6.45) is 4.03. The van der Waals surface area contributed by atoms with Gasteiger partial charge in [-0.3, -0.25) is 0 Å². The number of hydrogen-bond acceptors (Lipinski definition) is 5. The molecular formula is C23H28N4O. The van der Waals surface area contributed by atoms with Crippen LogP contribution in [-0.2, 0) is 24.2 Å². The van der Waals surface area contributed by atoms with E-state index < -0.39 is 0 Å². The van der Waals surface area contributed by atoms with Gasteiger partial charge in [-0.2, -0.15) is 5.26 Å². The lowest BCUT2D eigenvalue weighted by atomic mass is 9.89. The monoisotopic (exact) mass is 376 g/mol. The Hall–Kier alpha value is -2.58. The average molecular weight is 377 g/mol. The molecule has 146 valence electrons. The summed E-state index contributed by atoms with van der Waals surface area (Å²) in [4.78, 5) is 7.28. The number of hydrogen-bond donors (Lipinski definition) is 1. The Morgan fingerprint density at radius 2 is 1.93 bits per heavy atom. The van der Waals surface area contributed by atoms with Crippen molar-refractivity contribution in [3.8, 4) is 6.07 Å². The highest BCUT2D eigenvalue weighted by atomic mass is 16.5. The molecule has 2 aliphatic heterocycles. The molecule has 0 aliphatic carbocycles. The van der Waals surface area contributed by atoms with Gasteiger partial charge in [0.05, 0.1) is 17.8 Å². The van der Waals surface area contributed by atoms with Gasteiger partial charge in [-0.05, 0) is 44.2 Å². The maximum Gasteiger partial charge on any atom is 0.146 e. The molecular weight excluding hydrogens is 348 g/mol. The first-order chi connectivity index (χ1) is 13.6. The summed E-state index contributed by atoms with van der Waals surface area (Å²) in [7, 11) is 0. The van der Waals surface area contributed by atoms with Crippen molar-refractivity contribution in [1.82, 2.24) is 4.98 Å². The highest BCUT2D eigenvalue weighted by molar-refractivity contribution is 5.67. The zero-order valence-corrected chi connectivity index (χ0v) is 16.8. The molecule has 0 amide bonds. The van der Waals surface area contributed by atoms with Gasteiger partial charge in [-0.1, -0.05) is 30.3 Å². The fourth-order valence-corrected chi connectivity index (χ4v) is 4.16. The lowest BCUT2D eigenvalue weighted by Gasteiger charge is -2.35. The van der Waals surface area contributed by atoms with Gasteiger partial charge in [0.25, 0.3) is 0 Å². The lowest BCUT2D eigenvalue weighted by Crippen LogP contribution is -2.34. The minimum atomic E-state index is -0.260. The number of ether oxygens (including phenoxy) is 1. The molecule has 5 nitrogen and oxygen atoms in total. The molecule has 2 aromatic rings. The Morgan fingerprint density at radius 3 is 2.64 bits per heavy atom. The van der Waals surface area contributed by atoms with Crippen molar-refractivity contribution in [3.63, 3.8) is 0 Å². The highest BCUT2D eigenvalue weighted by Crippen LogP contribution is 2.38. The Labute approximate surface area is 167 Å². The number of nitriles is 1. The molecule has 3 heterocycles. The summed E-state index contributed by atoms with van der Waals surface area (Å²) >= 11 is 0. The summed E-state index contributed by atoms with van der Waals surface area (Å²) in [5, 5.41) is 13.4. The highest BCUT2D eigenvalue weighted by Gasteiger charge is 2.33. The summed E-state index contributed by atoms with van der Waals surface area (Å²) in [6.45, 7) is 7.52. The van der Waals surface area contributed by atoms with Gasteiger partial charge < -0.3 is 15.0 Å². The number of nitrogens with one attached hydrogen (secondary N) is 1. The molecule has 0 atom stereocenters. The Bertz CT molecular complexity index is 880. The predicted octanol–water partition coefficient (Wildman–Crippen LogP) is 4.06. The molecule has 1 aromatic heterocycles. The summed E-state index contributed by atoms with van der Waals surface area (Å²) in [6, 6.07) is 12.8. The van der Waals surface area contributed by atoms with Gasteiger partial charge in [-0.25, -0.2) is 4.98 Å². The SMILES string of the molecule is CC1(C)Cc2c(C#N)c(NCCc3ccccc3)nc(N3CCCC3)c2CO1. The topological polar surface area (TPSA) is 61.2 Å². The van der Waals surface area contributed by atoms with Crippen LogP contribution in [0.2, 0.25) is 0 Å². The van der Waals surface area contributed by atoms with E-state index in [4.69, 9.17) is 9.72 Å². The van der Waals surface area contributed by atoms with Crippen LogP contribution in [0.5, 0.6) is 0 Å². The number of fused-ring (bicyclic) bond motifs is 1. The van der Waals surface area contributed by atoms with Crippen molar-refractivity contribution in [2.24, 2.45) is 0 Å². The molecule has 0 unspecified atom stereocenters. The van der Waals surface area contributed by atoms with E-state index in [-0.39, 0.29) is 5.60 Å². The number of nitrogens with zero attached hydrogens (tertiary/aromatic N) is 3. The maximum absolute atomic E-state index is 9.93.